The molecular weight excluding hydrogens is 401 g/mol. The molecule has 0 atom stereocenters. The Kier molecular flexibility index (Phi) is 5.72. The summed E-state index contributed by atoms with van der Waals surface area (Å²) >= 11 is 1.43. The van der Waals surface area contributed by atoms with Gasteiger partial charge in [0, 0.05) is 10.9 Å². The SMILES string of the molecule is Oc1ccc(C=Nn2c(-c3ccc(F)cc3)csc2=NCc2ccccc2)cc1O. The van der Waals surface area contributed by atoms with Crippen LogP contribution in [0.4, 0.5) is 4.39 Å². The molecule has 0 spiro atoms. The van der Waals surface area contributed by atoms with Crippen LogP contribution in [-0.4, -0.2) is 21.1 Å². The molecule has 0 amide bonds. The minimum atomic E-state index is -0.308. The highest BCUT2D eigenvalue weighted by molar-refractivity contribution is 7.07. The molecule has 0 bridgehead atoms. The number of nitrogens with zero attached hydrogens (tertiary/aromatic N) is 3. The van der Waals surface area contributed by atoms with Crippen LogP contribution in [0.3, 0.4) is 0 Å². The molecule has 0 aliphatic heterocycles. The van der Waals surface area contributed by atoms with Crippen molar-refractivity contribution in [3.05, 3.63) is 99.9 Å². The maximum atomic E-state index is 13.4. The van der Waals surface area contributed by atoms with Gasteiger partial charge in [0.2, 0.25) is 4.80 Å². The topological polar surface area (TPSA) is 70.1 Å². The number of phenols is 2. The molecule has 30 heavy (non-hydrogen) atoms. The number of hydrogen-bond donors (Lipinski definition) is 2. The minimum Gasteiger partial charge on any atom is -0.504 e. The maximum absolute atomic E-state index is 13.4. The monoisotopic (exact) mass is 419 g/mol. The van der Waals surface area contributed by atoms with Crippen LogP contribution in [0.1, 0.15) is 11.1 Å². The molecule has 150 valence electrons. The largest absolute Gasteiger partial charge is 0.504 e. The van der Waals surface area contributed by atoms with E-state index in [-0.39, 0.29) is 17.3 Å². The highest BCUT2D eigenvalue weighted by Gasteiger charge is 2.08. The molecule has 3 aromatic carbocycles. The molecule has 0 radical (unpaired) electrons. The molecule has 0 aliphatic rings. The van der Waals surface area contributed by atoms with Crippen molar-refractivity contribution in [3.8, 4) is 22.8 Å². The number of benzene rings is 3. The Morgan fingerprint density at radius 3 is 2.43 bits per heavy atom. The molecular formula is C23H18FN3O2S. The van der Waals surface area contributed by atoms with E-state index in [1.54, 1.807) is 29.1 Å². The Labute approximate surface area is 176 Å². The molecule has 7 heteroatoms. The third-order valence-corrected chi connectivity index (χ3v) is 5.24. The van der Waals surface area contributed by atoms with Crippen LogP contribution in [0.15, 0.2) is 88.3 Å². The van der Waals surface area contributed by atoms with Gasteiger partial charge in [0.1, 0.15) is 5.82 Å². The first-order chi connectivity index (χ1) is 14.6. The predicted octanol–water partition coefficient (Wildman–Crippen LogP) is 4.75. The first-order valence-corrected chi connectivity index (χ1v) is 10.1. The van der Waals surface area contributed by atoms with Crippen molar-refractivity contribution in [1.29, 1.82) is 0 Å². The van der Waals surface area contributed by atoms with E-state index in [0.29, 0.717) is 16.9 Å². The molecule has 5 nitrogen and oxygen atoms in total. The average Bonchev–Trinajstić information content (AvgIpc) is 3.17. The third-order valence-electron chi connectivity index (χ3n) is 4.39. The van der Waals surface area contributed by atoms with E-state index >= 15 is 0 Å². The Balaban J connectivity index is 1.75. The van der Waals surface area contributed by atoms with Crippen molar-refractivity contribution in [1.82, 2.24) is 4.68 Å². The van der Waals surface area contributed by atoms with Gasteiger partial charge in [-0.05, 0) is 53.6 Å². The van der Waals surface area contributed by atoms with Crippen LogP contribution < -0.4 is 4.80 Å². The summed E-state index contributed by atoms with van der Waals surface area (Å²) in [6, 6.07) is 20.5. The summed E-state index contributed by atoms with van der Waals surface area (Å²) < 4.78 is 15.0. The van der Waals surface area contributed by atoms with Gasteiger partial charge < -0.3 is 10.2 Å². The molecule has 0 unspecified atom stereocenters. The summed E-state index contributed by atoms with van der Waals surface area (Å²) in [6.07, 6.45) is 1.57. The van der Waals surface area contributed by atoms with Gasteiger partial charge in [0.15, 0.2) is 11.5 Å². The molecule has 0 aliphatic carbocycles. The van der Waals surface area contributed by atoms with Gasteiger partial charge >= 0.3 is 0 Å². The standard InChI is InChI=1S/C23H18FN3O2S/c24-19-9-7-18(8-10-19)20-15-30-23(25-13-16-4-2-1-3-5-16)27(20)26-14-17-6-11-21(28)22(29)12-17/h1-12,14-15,28-29H,13H2. The van der Waals surface area contributed by atoms with Crippen LogP contribution >= 0.6 is 11.3 Å². The summed E-state index contributed by atoms with van der Waals surface area (Å²) in [6.45, 7) is 0.500. The van der Waals surface area contributed by atoms with Crippen molar-refractivity contribution < 1.29 is 14.6 Å². The Morgan fingerprint density at radius 2 is 1.70 bits per heavy atom. The van der Waals surface area contributed by atoms with E-state index in [2.05, 4.69) is 10.1 Å². The van der Waals surface area contributed by atoms with Crippen molar-refractivity contribution in [3.63, 3.8) is 0 Å². The van der Waals surface area contributed by atoms with Gasteiger partial charge in [-0.25, -0.2) is 9.07 Å². The number of halogens is 1. The van der Waals surface area contributed by atoms with Crippen LogP contribution in [0, 0.1) is 5.82 Å². The Morgan fingerprint density at radius 1 is 0.933 bits per heavy atom. The minimum absolute atomic E-state index is 0.194. The van der Waals surface area contributed by atoms with Gasteiger partial charge in [-0.2, -0.15) is 5.10 Å². The first-order valence-electron chi connectivity index (χ1n) is 9.17. The second-order valence-corrected chi connectivity index (χ2v) is 7.35. The van der Waals surface area contributed by atoms with Gasteiger partial charge in [0.25, 0.3) is 0 Å². The Hall–Kier alpha value is -3.71. The molecule has 0 fully saturated rings. The molecule has 1 aromatic heterocycles. The number of rotatable bonds is 5. The summed E-state index contributed by atoms with van der Waals surface area (Å²) in [5, 5.41) is 25.7. The molecule has 0 saturated carbocycles. The first kappa shape index (κ1) is 19.6. The lowest BCUT2D eigenvalue weighted by atomic mass is 10.2. The van der Waals surface area contributed by atoms with Crippen molar-refractivity contribution >= 4 is 17.6 Å². The molecule has 1 heterocycles. The fourth-order valence-electron chi connectivity index (χ4n) is 2.83. The van der Waals surface area contributed by atoms with Crippen LogP contribution in [0.25, 0.3) is 11.3 Å². The number of thiazole rings is 1. The lowest BCUT2D eigenvalue weighted by molar-refractivity contribution is 0.403. The van der Waals surface area contributed by atoms with Crippen LogP contribution in [0.2, 0.25) is 0 Å². The molecule has 4 rings (SSSR count). The fourth-order valence-corrected chi connectivity index (χ4v) is 3.66. The zero-order valence-electron chi connectivity index (χ0n) is 15.8. The second-order valence-electron chi connectivity index (χ2n) is 6.52. The fraction of sp³-hybridized carbons (Fsp3) is 0.0435. The van der Waals surface area contributed by atoms with Crippen molar-refractivity contribution in [2.75, 3.05) is 0 Å². The summed E-state index contributed by atoms with van der Waals surface area (Å²) in [5.41, 5.74) is 3.27. The normalized spacial score (nSPS) is 12.0. The predicted molar refractivity (Wildman–Crippen MR) is 116 cm³/mol. The van der Waals surface area contributed by atoms with E-state index < -0.39 is 0 Å². The number of hydrogen-bond acceptors (Lipinski definition) is 5. The zero-order chi connectivity index (χ0) is 20.9. The highest BCUT2D eigenvalue weighted by atomic mass is 32.1. The zero-order valence-corrected chi connectivity index (χ0v) is 16.6. The highest BCUT2D eigenvalue weighted by Crippen LogP contribution is 2.24. The third kappa shape index (κ3) is 4.47. The Bertz CT molecular complexity index is 1250. The maximum Gasteiger partial charge on any atom is 0.206 e. The summed E-state index contributed by atoms with van der Waals surface area (Å²) in [4.78, 5) is 5.37. The number of phenolic OH excluding ortho intramolecular Hbond substituents is 2. The molecule has 4 aromatic rings. The van der Waals surface area contributed by atoms with Gasteiger partial charge in [-0.1, -0.05) is 30.3 Å². The van der Waals surface area contributed by atoms with E-state index in [0.717, 1.165) is 16.8 Å². The lowest BCUT2D eigenvalue weighted by Crippen LogP contribution is -2.12. The van der Waals surface area contributed by atoms with Gasteiger partial charge in [-0.15, -0.1) is 11.3 Å². The van der Waals surface area contributed by atoms with E-state index in [9.17, 15) is 14.6 Å². The van der Waals surface area contributed by atoms with Crippen molar-refractivity contribution in [2.45, 2.75) is 6.54 Å². The van der Waals surface area contributed by atoms with Gasteiger partial charge in [-0.3, -0.25) is 4.99 Å². The van der Waals surface area contributed by atoms with Crippen LogP contribution in [0.5, 0.6) is 11.5 Å². The molecule has 0 saturated heterocycles. The van der Waals surface area contributed by atoms with Crippen molar-refractivity contribution in [2.24, 2.45) is 10.1 Å². The number of aromatic nitrogens is 1. The van der Waals surface area contributed by atoms with Gasteiger partial charge in [0.05, 0.1) is 18.5 Å². The summed E-state index contributed by atoms with van der Waals surface area (Å²) in [5.74, 6) is -0.722. The lowest BCUT2D eigenvalue weighted by Gasteiger charge is -2.04. The number of aromatic hydroxyl groups is 2. The quantitative estimate of drug-likeness (QED) is 0.362. The second kappa shape index (κ2) is 8.75. The average molecular weight is 419 g/mol. The van der Waals surface area contributed by atoms with E-state index in [1.165, 1.54) is 35.6 Å². The molecule has 2 N–H and O–H groups in total. The van der Waals surface area contributed by atoms with E-state index in [4.69, 9.17) is 0 Å². The smallest absolute Gasteiger partial charge is 0.206 e. The summed E-state index contributed by atoms with van der Waals surface area (Å²) in [7, 11) is 0. The van der Waals surface area contributed by atoms with E-state index in [1.807, 2.05) is 35.7 Å². The van der Waals surface area contributed by atoms with Crippen LogP contribution in [-0.2, 0) is 6.54 Å².